The van der Waals surface area contributed by atoms with Gasteiger partial charge in [-0.2, -0.15) is 0 Å². The van der Waals surface area contributed by atoms with Crippen LogP contribution in [0.1, 0.15) is 46.5 Å². The van der Waals surface area contributed by atoms with Gasteiger partial charge in [0.2, 0.25) is 0 Å². The summed E-state index contributed by atoms with van der Waals surface area (Å²) in [6.45, 7) is 6.01. The fraction of sp³-hybridized carbons (Fsp3) is 0.846. The lowest BCUT2D eigenvalue weighted by Gasteiger charge is -2.32. The Morgan fingerprint density at radius 3 is 2.53 bits per heavy atom. The molecule has 1 aliphatic carbocycles. The molecule has 1 N–H and O–H groups in total. The molecular formula is C13H23NO2S. The van der Waals surface area contributed by atoms with Crippen molar-refractivity contribution in [3.05, 3.63) is 12.3 Å². The molecule has 3 nitrogen and oxygen atoms in total. The van der Waals surface area contributed by atoms with Gasteiger partial charge in [0.25, 0.3) is 0 Å². The van der Waals surface area contributed by atoms with Gasteiger partial charge in [-0.25, -0.2) is 0 Å². The Balaban J connectivity index is 1.95. The predicted molar refractivity (Wildman–Crippen MR) is 70.8 cm³/mol. The van der Waals surface area contributed by atoms with Gasteiger partial charge in [0.15, 0.2) is 0 Å². The summed E-state index contributed by atoms with van der Waals surface area (Å²) in [6, 6.07) is 0.250. The van der Waals surface area contributed by atoms with Crippen molar-refractivity contribution in [2.75, 3.05) is 0 Å². The van der Waals surface area contributed by atoms with Crippen LogP contribution in [0.4, 0.5) is 0 Å². The van der Waals surface area contributed by atoms with E-state index in [1.54, 1.807) is 6.26 Å². The predicted octanol–water partition coefficient (Wildman–Crippen LogP) is 2.51. The van der Waals surface area contributed by atoms with Crippen LogP contribution in [0.25, 0.3) is 0 Å². The second-order valence-electron chi connectivity index (χ2n) is 5.99. The molecule has 2 rings (SSSR count). The van der Waals surface area contributed by atoms with E-state index in [1.165, 1.54) is 12.8 Å². The highest BCUT2D eigenvalue weighted by Crippen LogP contribution is 2.37. The quantitative estimate of drug-likeness (QED) is 0.787. The molecule has 17 heavy (non-hydrogen) atoms. The van der Waals surface area contributed by atoms with E-state index in [-0.39, 0.29) is 16.9 Å². The van der Waals surface area contributed by atoms with Crippen LogP contribution in [0.5, 0.6) is 0 Å². The lowest BCUT2D eigenvalue weighted by molar-refractivity contribution is 0.0858. The standard InChI is InChI=1S/C13H23NO2S/c1-13(2,3)17(15)14-12(10-7-8-10)11-6-4-5-9-16-11/h5,9-12,14H,4,6-8H2,1-3H3/t11-,12-,17-/m1/s1. The van der Waals surface area contributed by atoms with Crippen molar-refractivity contribution >= 4 is 11.4 Å². The number of ether oxygens (including phenoxy) is 1. The van der Waals surface area contributed by atoms with Crippen LogP contribution < -0.4 is 4.72 Å². The van der Waals surface area contributed by atoms with Crippen LogP contribution in [0.2, 0.25) is 0 Å². The second kappa shape index (κ2) is 5.21. The molecule has 0 saturated heterocycles. The third-order valence-electron chi connectivity index (χ3n) is 3.30. The Morgan fingerprint density at radius 1 is 1.35 bits per heavy atom. The largest absolute Gasteiger partial charge is 0.598 e. The fourth-order valence-electron chi connectivity index (χ4n) is 2.05. The van der Waals surface area contributed by atoms with Crippen LogP contribution >= 0.6 is 0 Å². The van der Waals surface area contributed by atoms with Crippen molar-refractivity contribution < 1.29 is 9.29 Å². The minimum atomic E-state index is -1.00. The normalized spacial score (nSPS) is 28.6. The average molecular weight is 257 g/mol. The van der Waals surface area contributed by atoms with Gasteiger partial charge in [-0.1, -0.05) is 0 Å². The Labute approximate surface area is 107 Å². The molecule has 4 heteroatoms. The van der Waals surface area contributed by atoms with E-state index in [4.69, 9.17) is 4.74 Å². The molecule has 0 spiro atoms. The average Bonchev–Trinajstić information content (AvgIpc) is 3.09. The van der Waals surface area contributed by atoms with Crippen molar-refractivity contribution in [3.8, 4) is 0 Å². The van der Waals surface area contributed by atoms with Gasteiger partial charge in [-0.05, 0) is 58.4 Å². The molecule has 0 amide bonds. The number of hydrogen-bond acceptors (Lipinski definition) is 3. The molecule has 1 fully saturated rings. The summed E-state index contributed by atoms with van der Waals surface area (Å²) in [4.78, 5) is 0. The topological polar surface area (TPSA) is 44.3 Å². The summed E-state index contributed by atoms with van der Waals surface area (Å²) >= 11 is -1.00. The van der Waals surface area contributed by atoms with E-state index >= 15 is 0 Å². The zero-order valence-corrected chi connectivity index (χ0v) is 11.8. The molecule has 0 unspecified atom stereocenters. The molecule has 0 radical (unpaired) electrons. The molecule has 1 saturated carbocycles. The SMILES string of the molecule is CC(C)(C)[S@@+]([O-])N[C@H](C1CC1)[C@H]1CCC=CO1. The molecule has 2 aliphatic rings. The van der Waals surface area contributed by atoms with Crippen molar-refractivity contribution in [3.63, 3.8) is 0 Å². The van der Waals surface area contributed by atoms with Gasteiger partial charge in [0.05, 0.1) is 12.3 Å². The molecule has 0 aromatic carbocycles. The first-order valence-corrected chi connectivity index (χ1v) is 7.62. The lowest BCUT2D eigenvalue weighted by atomic mass is 10.0. The zero-order valence-electron chi connectivity index (χ0n) is 10.9. The Bertz CT molecular complexity index is 284. The van der Waals surface area contributed by atoms with Gasteiger partial charge in [-0.3, -0.25) is 0 Å². The monoisotopic (exact) mass is 257 g/mol. The molecule has 98 valence electrons. The van der Waals surface area contributed by atoms with Crippen LogP contribution in [-0.4, -0.2) is 21.4 Å². The van der Waals surface area contributed by atoms with Gasteiger partial charge in [0, 0.05) is 11.4 Å². The van der Waals surface area contributed by atoms with Gasteiger partial charge in [0.1, 0.15) is 10.9 Å². The first-order valence-electron chi connectivity index (χ1n) is 6.47. The molecule has 1 aliphatic heterocycles. The lowest BCUT2D eigenvalue weighted by Crippen LogP contribution is -2.51. The first-order chi connectivity index (χ1) is 7.98. The summed E-state index contributed by atoms with van der Waals surface area (Å²) < 4.78 is 20.9. The van der Waals surface area contributed by atoms with Crippen molar-refractivity contribution in [1.29, 1.82) is 0 Å². The highest BCUT2D eigenvalue weighted by atomic mass is 32.2. The Morgan fingerprint density at radius 2 is 2.06 bits per heavy atom. The van der Waals surface area contributed by atoms with Crippen molar-refractivity contribution in [2.45, 2.75) is 63.3 Å². The van der Waals surface area contributed by atoms with Gasteiger partial charge in [-0.15, -0.1) is 4.72 Å². The highest BCUT2D eigenvalue weighted by Gasteiger charge is 2.42. The van der Waals surface area contributed by atoms with Crippen molar-refractivity contribution in [1.82, 2.24) is 4.72 Å². The molecule has 0 aromatic rings. The van der Waals surface area contributed by atoms with E-state index in [1.807, 2.05) is 20.8 Å². The highest BCUT2D eigenvalue weighted by molar-refractivity contribution is 7.90. The molecule has 0 aromatic heterocycles. The second-order valence-corrected chi connectivity index (χ2v) is 7.98. The van der Waals surface area contributed by atoms with E-state index in [0.29, 0.717) is 5.92 Å². The summed E-state index contributed by atoms with van der Waals surface area (Å²) in [7, 11) is 0. The van der Waals surface area contributed by atoms with E-state index < -0.39 is 11.4 Å². The maximum Gasteiger partial charge on any atom is 0.136 e. The van der Waals surface area contributed by atoms with Gasteiger partial charge < -0.3 is 9.29 Å². The molecule has 0 bridgehead atoms. The smallest absolute Gasteiger partial charge is 0.136 e. The number of allylic oxidation sites excluding steroid dienone is 1. The number of nitrogens with one attached hydrogen (secondary N) is 1. The van der Waals surface area contributed by atoms with E-state index in [9.17, 15) is 4.55 Å². The Hall–Kier alpha value is -0.190. The summed E-state index contributed by atoms with van der Waals surface area (Å²) in [5.41, 5.74) is 0. The zero-order chi connectivity index (χ0) is 12.5. The molecule has 1 heterocycles. The maximum absolute atomic E-state index is 12.2. The third-order valence-corrected chi connectivity index (χ3v) is 4.90. The van der Waals surface area contributed by atoms with Crippen LogP contribution in [-0.2, 0) is 16.1 Å². The molecule has 3 atom stereocenters. The first kappa shape index (κ1) is 13.2. The van der Waals surface area contributed by atoms with Crippen molar-refractivity contribution in [2.24, 2.45) is 5.92 Å². The summed E-state index contributed by atoms with van der Waals surface area (Å²) in [5.74, 6) is 0.651. The number of hydrogen-bond donors (Lipinski definition) is 1. The third kappa shape index (κ3) is 3.63. The minimum absolute atomic E-state index is 0.193. The molecular weight excluding hydrogens is 234 g/mol. The maximum atomic E-state index is 12.2. The summed E-state index contributed by atoms with van der Waals surface area (Å²) in [5, 5.41) is 0. The minimum Gasteiger partial charge on any atom is -0.598 e. The number of rotatable bonds is 4. The van der Waals surface area contributed by atoms with E-state index in [2.05, 4.69) is 10.8 Å². The van der Waals surface area contributed by atoms with Gasteiger partial charge >= 0.3 is 0 Å². The Kier molecular flexibility index (Phi) is 4.06. The summed E-state index contributed by atoms with van der Waals surface area (Å²) in [6.07, 6.45) is 8.63. The van der Waals surface area contributed by atoms with Crippen LogP contribution in [0.3, 0.4) is 0 Å². The van der Waals surface area contributed by atoms with Crippen LogP contribution in [0, 0.1) is 5.92 Å². The fourth-order valence-corrected chi connectivity index (χ4v) is 2.99. The van der Waals surface area contributed by atoms with Crippen LogP contribution in [0.15, 0.2) is 12.3 Å². The van der Waals surface area contributed by atoms with E-state index in [0.717, 1.165) is 12.8 Å².